The van der Waals surface area contributed by atoms with Gasteiger partial charge >= 0.3 is 0 Å². The van der Waals surface area contributed by atoms with E-state index in [-0.39, 0.29) is 0 Å². The van der Waals surface area contributed by atoms with Crippen molar-refractivity contribution in [1.82, 2.24) is 21.3 Å². The van der Waals surface area contributed by atoms with E-state index in [1.807, 2.05) is 19.9 Å². The number of rotatable bonds is 8. The van der Waals surface area contributed by atoms with Crippen LogP contribution in [0.3, 0.4) is 0 Å². The van der Waals surface area contributed by atoms with Crippen molar-refractivity contribution >= 4 is 34.7 Å². The summed E-state index contributed by atoms with van der Waals surface area (Å²) in [6, 6.07) is 8.29. The Morgan fingerprint density at radius 1 is 0.833 bits per heavy atom. The molecule has 0 heterocycles. The third kappa shape index (κ3) is 9.27. The van der Waals surface area contributed by atoms with E-state index in [9.17, 15) is 0 Å². The maximum atomic E-state index is 5.23. The van der Waals surface area contributed by atoms with Gasteiger partial charge in [-0.1, -0.05) is 48.6 Å². The second-order valence-electron chi connectivity index (χ2n) is 5.81. The van der Waals surface area contributed by atoms with Crippen LogP contribution in [0, 0.1) is 0 Å². The summed E-state index contributed by atoms with van der Waals surface area (Å²) in [4.78, 5) is 0. The molecule has 0 atom stereocenters. The van der Waals surface area contributed by atoms with Crippen molar-refractivity contribution in [2.24, 2.45) is 0 Å². The number of benzene rings is 1. The molecule has 0 aliphatic rings. The molecule has 0 saturated heterocycles. The fraction of sp³-hybridized carbons (Fsp3) is 0.333. The van der Waals surface area contributed by atoms with Gasteiger partial charge in [0.1, 0.15) is 0 Å². The van der Waals surface area contributed by atoms with E-state index < -0.39 is 0 Å². The average Bonchev–Trinajstić information content (AvgIpc) is 2.54. The van der Waals surface area contributed by atoms with Gasteiger partial charge < -0.3 is 21.3 Å². The van der Waals surface area contributed by atoms with E-state index >= 15 is 0 Å². The molecule has 0 spiro atoms. The molecule has 0 bridgehead atoms. The van der Waals surface area contributed by atoms with Gasteiger partial charge in [0, 0.05) is 26.2 Å². The normalized spacial score (nSPS) is 9.75. The molecule has 0 aliphatic heterocycles. The first-order chi connectivity index (χ1) is 11.4. The van der Waals surface area contributed by atoms with Crippen molar-refractivity contribution in [1.29, 1.82) is 0 Å². The lowest BCUT2D eigenvalue weighted by atomic mass is 10.1. The van der Waals surface area contributed by atoms with Gasteiger partial charge in [-0.3, -0.25) is 0 Å². The van der Waals surface area contributed by atoms with Crippen LogP contribution in [0.25, 0.3) is 0 Å². The molecule has 0 aliphatic carbocycles. The van der Waals surface area contributed by atoms with Gasteiger partial charge in [0.15, 0.2) is 10.2 Å². The maximum Gasteiger partial charge on any atom is 0.166 e. The Morgan fingerprint density at radius 3 is 1.62 bits per heavy atom. The molecule has 130 valence electrons. The van der Waals surface area contributed by atoms with Crippen LogP contribution in [0.15, 0.2) is 48.6 Å². The lowest BCUT2D eigenvalue weighted by Gasteiger charge is -2.12. The fourth-order valence-electron chi connectivity index (χ4n) is 1.80. The molecule has 1 rings (SSSR count). The molecule has 0 aromatic heterocycles. The summed E-state index contributed by atoms with van der Waals surface area (Å²) in [5, 5.41) is 13.9. The average molecular weight is 363 g/mol. The van der Waals surface area contributed by atoms with Gasteiger partial charge in [0.2, 0.25) is 0 Å². The molecule has 0 radical (unpaired) electrons. The topological polar surface area (TPSA) is 48.1 Å². The number of hydrogen-bond donors (Lipinski definition) is 4. The molecule has 4 nitrogen and oxygen atoms in total. The Hall–Kier alpha value is -1.92. The van der Waals surface area contributed by atoms with Gasteiger partial charge in [-0.25, -0.2) is 0 Å². The summed E-state index contributed by atoms with van der Waals surface area (Å²) in [5.74, 6) is 0. The van der Waals surface area contributed by atoms with E-state index in [4.69, 9.17) is 24.4 Å². The van der Waals surface area contributed by atoms with Gasteiger partial charge in [-0.05, 0) is 49.4 Å². The van der Waals surface area contributed by atoms with Crippen molar-refractivity contribution in [3.05, 3.63) is 59.7 Å². The second-order valence-corrected chi connectivity index (χ2v) is 6.62. The van der Waals surface area contributed by atoms with Crippen LogP contribution in [-0.2, 0) is 13.1 Å². The lowest BCUT2D eigenvalue weighted by Crippen LogP contribution is -2.36. The third-order valence-corrected chi connectivity index (χ3v) is 3.58. The summed E-state index contributed by atoms with van der Waals surface area (Å²) >= 11 is 10.5. The Balaban J connectivity index is 2.40. The Labute approximate surface area is 155 Å². The Bertz CT molecular complexity index is 562. The van der Waals surface area contributed by atoms with E-state index in [2.05, 4.69) is 52.6 Å². The Kier molecular flexibility index (Phi) is 9.04. The minimum atomic E-state index is 0.631. The van der Waals surface area contributed by atoms with Crippen molar-refractivity contribution in [3.63, 3.8) is 0 Å². The largest absolute Gasteiger partial charge is 0.359 e. The summed E-state index contributed by atoms with van der Waals surface area (Å²) in [6.07, 6.45) is 0. The van der Waals surface area contributed by atoms with Crippen molar-refractivity contribution in [2.45, 2.75) is 26.9 Å². The number of thiocarbonyl (C=S) groups is 2. The van der Waals surface area contributed by atoms with Gasteiger partial charge in [-0.15, -0.1) is 0 Å². The number of hydrogen-bond acceptors (Lipinski definition) is 2. The highest BCUT2D eigenvalue weighted by Crippen LogP contribution is 2.05. The molecule has 0 saturated carbocycles. The summed E-state index contributed by atoms with van der Waals surface area (Å²) < 4.78 is 0. The number of nitrogens with one attached hydrogen (secondary N) is 4. The predicted molar refractivity (Wildman–Crippen MR) is 111 cm³/mol. The molecule has 0 amide bonds. The zero-order valence-corrected chi connectivity index (χ0v) is 16.0. The highest BCUT2D eigenvalue weighted by molar-refractivity contribution is 7.80. The first kappa shape index (κ1) is 20.1. The third-order valence-electron chi connectivity index (χ3n) is 3.00. The molecular formula is C18H26N4S2. The SMILES string of the molecule is C=C(C)CNC(=S)NCc1cccc(CNC(=S)NCC(=C)C)c1. The molecule has 1 aromatic rings. The maximum absolute atomic E-state index is 5.23. The van der Waals surface area contributed by atoms with Crippen molar-refractivity contribution in [2.75, 3.05) is 13.1 Å². The van der Waals surface area contributed by atoms with E-state index in [1.165, 1.54) is 0 Å². The van der Waals surface area contributed by atoms with Crippen LogP contribution in [0.2, 0.25) is 0 Å². The highest BCUT2D eigenvalue weighted by atomic mass is 32.1. The van der Waals surface area contributed by atoms with Crippen LogP contribution in [0.4, 0.5) is 0 Å². The summed E-state index contributed by atoms with van der Waals surface area (Å²) in [7, 11) is 0. The van der Waals surface area contributed by atoms with Crippen LogP contribution in [0.1, 0.15) is 25.0 Å². The van der Waals surface area contributed by atoms with Crippen LogP contribution in [-0.4, -0.2) is 23.3 Å². The first-order valence-electron chi connectivity index (χ1n) is 7.77. The van der Waals surface area contributed by atoms with Crippen LogP contribution < -0.4 is 21.3 Å². The molecule has 1 aromatic carbocycles. The summed E-state index contributed by atoms with van der Waals surface area (Å²) in [6.45, 7) is 14.3. The standard InChI is InChI=1S/C18H26N4S2/c1-13(2)9-19-17(23)21-11-15-6-5-7-16(8-15)12-22-18(24)20-10-14(3)4/h5-8H,1,3,9-12H2,2,4H3,(H2,19,21,23)(H2,20,22,24). The van der Waals surface area contributed by atoms with Gasteiger partial charge in [0.05, 0.1) is 0 Å². The Morgan fingerprint density at radius 2 is 1.25 bits per heavy atom. The smallest absolute Gasteiger partial charge is 0.166 e. The lowest BCUT2D eigenvalue weighted by molar-refractivity contribution is 0.844. The van der Waals surface area contributed by atoms with Gasteiger partial charge in [-0.2, -0.15) is 0 Å². The minimum Gasteiger partial charge on any atom is -0.359 e. The molecule has 0 unspecified atom stereocenters. The molecule has 6 heteroatoms. The fourth-order valence-corrected chi connectivity index (χ4v) is 2.09. The summed E-state index contributed by atoms with van der Waals surface area (Å²) in [5.41, 5.74) is 4.41. The molecule has 0 fully saturated rings. The molecule has 4 N–H and O–H groups in total. The quantitative estimate of drug-likeness (QED) is 0.421. The van der Waals surface area contributed by atoms with Crippen molar-refractivity contribution < 1.29 is 0 Å². The zero-order chi connectivity index (χ0) is 17.9. The predicted octanol–water partition coefficient (Wildman–Crippen LogP) is 2.77. The second kappa shape index (κ2) is 10.8. The van der Waals surface area contributed by atoms with Crippen molar-refractivity contribution in [3.8, 4) is 0 Å². The van der Waals surface area contributed by atoms with Crippen LogP contribution >= 0.6 is 24.4 Å². The van der Waals surface area contributed by atoms with E-state index in [0.717, 1.165) is 22.3 Å². The van der Waals surface area contributed by atoms with Crippen LogP contribution in [0.5, 0.6) is 0 Å². The zero-order valence-electron chi connectivity index (χ0n) is 14.4. The van der Waals surface area contributed by atoms with E-state index in [1.54, 1.807) is 0 Å². The van der Waals surface area contributed by atoms with E-state index in [0.29, 0.717) is 36.4 Å². The highest BCUT2D eigenvalue weighted by Gasteiger charge is 2.00. The first-order valence-corrected chi connectivity index (χ1v) is 8.58. The molecule has 24 heavy (non-hydrogen) atoms. The minimum absolute atomic E-state index is 0.631. The molecular weight excluding hydrogens is 336 g/mol. The monoisotopic (exact) mass is 362 g/mol. The van der Waals surface area contributed by atoms with Gasteiger partial charge in [0.25, 0.3) is 0 Å².